The second-order valence-electron chi connectivity index (χ2n) is 4.21. The van der Waals surface area contributed by atoms with Crippen LogP contribution in [-0.4, -0.2) is 11.5 Å². The number of hydrogen-bond acceptors (Lipinski definition) is 4. The number of anilines is 1. The molecule has 110 valence electrons. The first-order chi connectivity index (χ1) is 9.97. The summed E-state index contributed by atoms with van der Waals surface area (Å²) in [5.41, 5.74) is 0.548. The molecule has 0 spiro atoms. The third-order valence-electron chi connectivity index (χ3n) is 2.55. The van der Waals surface area contributed by atoms with Gasteiger partial charge in [0.2, 0.25) is 0 Å². The number of ether oxygens (including phenoxy) is 1. The first kappa shape index (κ1) is 15.4. The summed E-state index contributed by atoms with van der Waals surface area (Å²) in [6, 6.07) is 9.20. The maximum Gasteiger partial charge on any atom is 0.275 e. The summed E-state index contributed by atoms with van der Waals surface area (Å²) in [6.07, 6.45) is 0. The lowest BCUT2D eigenvalue weighted by molar-refractivity contribution is -0.384. The molecule has 0 heterocycles. The Morgan fingerprint density at radius 3 is 2.29 bits per heavy atom. The van der Waals surface area contributed by atoms with E-state index in [1.165, 1.54) is 12.1 Å². The highest BCUT2D eigenvalue weighted by atomic mass is 35.5. The van der Waals surface area contributed by atoms with Gasteiger partial charge >= 0.3 is 0 Å². The van der Waals surface area contributed by atoms with E-state index in [4.69, 9.17) is 27.9 Å². The van der Waals surface area contributed by atoms with E-state index in [2.05, 4.69) is 5.32 Å². The molecule has 0 saturated carbocycles. The van der Waals surface area contributed by atoms with Crippen LogP contribution in [0.1, 0.15) is 6.92 Å². The maximum atomic E-state index is 11.0. The van der Waals surface area contributed by atoms with Crippen LogP contribution in [-0.2, 0) is 0 Å². The molecule has 0 aliphatic heterocycles. The highest BCUT2D eigenvalue weighted by molar-refractivity contribution is 6.34. The molecule has 2 aromatic rings. The van der Waals surface area contributed by atoms with Gasteiger partial charge in [-0.2, -0.15) is 0 Å². The number of hydrogen-bond donors (Lipinski definition) is 1. The van der Waals surface area contributed by atoms with Crippen LogP contribution in [0.2, 0.25) is 10.0 Å². The SMILES string of the molecule is CCNc1cc(Oc2cc(Cl)cc(Cl)c2)cc([N+](=O)[O-])c1. The number of nitro groups is 1. The molecule has 0 unspecified atom stereocenters. The molecule has 2 rings (SSSR count). The van der Waals surface area contributed by atoms with Gasteiger partial charge in [-0.05, 0) is 25.1 Å². The van der Waals surface area contributed by atoms with E-state index in [0.717, 1.165) is 0 Å². The number of halogens is 2. The quantitative estimate of drug-likeness (QED) is 0.611. The summed E-state index contributed by atoms with van der Waals surface area (Å²) in [5.74, 6) is 0.744. The molecular weight excluding hydrogens is 315 g/mol. The first-order valence-electron chi connectivity index (χ1n) is 6.15. The molecule has 2 aromatic carbocycles. The van der Waals surface area contributed by atoms with Crippen molar-refractivity contribution in [2.75, 3.05) is 11.9 Å². The van der Waals surface area contributed by atoms with Crippen LogP contribution in [0.4, 0.5) is 11.4 Å². The molecule has 0 bridgehead atoms. The zero-order chi connectivity index (χ0) is 15.4. The van der Waals surface area contributed by atoms with Crippen LogP contribution in [0.15, 0.2) is 36.4 Å². The minimum absolute atomic E-state index is 0.0587. The van der Waals surface area contributed by atoms with Crippen LogP contribution in [0, 0.1) is 10.1 Å². The Hall–Kier alpha value is -1.98. The molecule has 0 radical (unpaired) electrons. The van der Waals surface area contributed by atoms with Crippen molar-refractivity contribution in [2.24, 2.45) is 0 Å². The smallest absolute Gasteiger partial charge is 0.275 e. The van der Waals surface area contributed by atoms with Gasteiger partial charge in [-0.15, -0.1) is 0 Å². The van der Waals surface area contributed by atoms with Crippen molar-refractivity contribution in [1.29, 1.82) is 0 Å². The average Bonchev–Trinajstić information content (AvgIpc) is 2.37. The number of rotatable bonds is 5. The van der Waals surface area contributed by atoms with Gasteiger partial charge in [0.05, 0.1) is 11.0 Å². The molecule has 0 fully saturated rings. The van der Waals surface area contributed by atoms with Gasteiger partial charge in [-0.1, -0.05) is 23.2 Å². The predicted octanol–water partition coefficient (Wildman–Crippen LogP) is 5.13. The van der Waals surface area contributed by atoms with Gasteiger partial charge in [0.15, 0.2) is 0 Å². The summed E-state index contributed by atoms with van der Waals surface area (Å²) < 4.78 is 5.60. The summed E-state index contributed by atoms with van der Waals surface area (Å²) in [6.45, 7) is 2.54. The van der Waals surface area contributed by atoms with E-state index < -0.39 is 4.92 Å². The van der Waals surface area contributed by atoms with Crippen molar-refractivity contribution in [3.8, 4) is 11.5 Å². The van der Waals surface area contributed by atoms with E-state index in [1.807, 2.05) is 6.92 Å². The number of nitrogens with zero attached hydrogens (tertiary/aromatic N) is 1. The van der Waals surface area contributed by atoms with E-state index >= 15 is 0 Å². The minimum Gasteiger partial charge on any atom is -0.457 e. The third kappa shape index (κ3) is 4.24. The lowest BCUT2D eigenvalue weighted by Gasteiger charge is -2.09. The Kier molecular flexibility index (Phi) is 4.88. The van der Waals surface area contributed by atoms with Crippen LogP contribution in [0.25, 0.3) is 0 Å². The normalized spacial score (nSPS) is 10.2. The van der Waals surface area contributed by atoms with Crippen LogP contribution in [0.5, 0.6) is 11.5 Å². The molecule has 0 aliphatic carbocycles. The largest absolute Gasteiger partial charge is 0.457 e. The summed E-state index contributed by atoms with van der Waals surface area (Å²) in [5, 5.41) is 14.8. The lowest BCUT2D eigenvalue weighted by atomic mass is 10.2. The van der Waals surface area contributed by atoms with Gasteiger partial charge in [0.25, 0.3) is 5.69 Å². The number of benzene rings is 2. The Morgan fingerprint density at radius 1 is 1.10 bits per heavy atom. The summed E-state index contributed by atoms with van der Waals surface area (Å²) in [7, 11) is 0. The molecule has 5 nitrogen and oxygen atoms in total. The molecule has 0 saturated heterocycles. The van der Waals surface area contributed by atoms with E-state index in [0.29, 0.717) is 33.8 Å². The van der Waals surface area contributed by atoms with Crippen LogP contribution >= 0.6 is 23.2 Å². The second-order valence-corrected chi connectivity index (χ2v) is 5.08. The minimum atomic E-state index is -0.474. The molecule has 21 heavy (non-hydrogen) atoms. The van der Waals surface area contributed by atoms with Gasteiger partial charge < -0.3 is 10.1 Å². The highest BCUT2D eigenvalue weighted by Gasteiger charge is 2.11. The molecule has 0 atom stereocenters. The second kappa shape index (κ2) is 6.65. The fourth-order valence-electron chi connectivity index (χ4n) is 1.78. The van der Waals surface area contributed by atoms with Crippen molar-refractivity contribution in [1.82, 2.24) is 0 Å². The third-order valence-corrected chi connectivity index (χ3v) is 2.99. The lowest BCUT2D eigenvalue weighted by Crippen LogP contribution is -1.98. The predicted molar refractivity (Wildman–Crippen MR) is 83.8 cm³/mol. The van der Waals surface area contributed by atoms with Crippen LogP contribution in [0.3, 0.4) is 0 Å². The molecule has 0 aliphatic rings. The molecule has 1 N–H and O–H groups in total. The van der Waals surface area contributed by atoms with E-state index in [-0.39, 0.29) is 5.69 Å². The monoisotopic (exact) mass is 326 g/mol. The highest BCUT2D eigenvalue weighted by Crippen LogP contribution is 2.32. The zero-order valence-electron chi connectivity index (χ0n) is 11.1. The summed E-state index contributed by atoms with van der Waals surface area (Å²) in [4.78, 5) is 10.5. The van der Waals surface area contributed by atoms with Crippen molar-refractivity contribution >= 4 is 34.6 Å². The first-order valence-corrected chi connectivity index (χ1v) is 6.91. The van der Waals surface area contributed by atoms with E-state index in [1.54, 1.807) is 24.3 Å². The van der Waals surface area contributed by atoms with Gasteiger partial charge in [0.1, 0.15) is 11.5 Å². The Labute approximate surface area is 131 Å². The van der Waals surface area contributed by atoms with Crippen molar-refractivity contribution < 1.29 is 9.66 Å². The van der Waals surface area contributed by atoms with Gasteiger partial charge in [-0.25, -0.2) is 0 Å². The number of nitro benzene ring substituents is 1. The summed E-state index contributed by atoms with van der Waals surface area (Å²) >= 11 is 11.8. The fourth-order valence-corrected chi connectivity index (χ4v) is 2.28. The topological polar surface area (TPSA) is 64.4 Å². The van der Waals surface area contributed by atoms with Crippen LogP contribution < -0.4 is 10.1 Å². The Bertz CT molecular complexity index is 657. The average molecular weight is 327 g/mol. The Morgan fingerprint density at radius 2 is 1.71 bits per heavy atom. The van der Waals surface area contributed by atoms with Crippen molar-refractivity contribution in [3.63, 3.8) is 0 Å². The number of non-ortho nitro benzene ring substituents is 1. The van der Waals surface area contributed by atoms with Crippen molar-refractivity contribution in [2.45, 2.75) is 6.92 Å². The Balaban J connectivity index is 2.35. The van der Waals surface area contributed by atoms with Crippen molar-refractivity contribution in [3.05, 3.63) is 56.6 Å². The fraction of sp³-hybridized carbons (Fsp3) is 0.143. The maximum absolute atomic E-state index is 11.0. The molecule has 7 heteroatoms. The van der Waals surface area contributed by atoms with E-state index in [9.17, 15) is 10.1 Å². The molecular formula is C14H12Cl2N2O3. The number of nitrogens with one attached hydrogen (secondary N) is 1. The molecule has 0 amide bonds. The standard InChI is InChI=1S/C14H12Cl2N2O3/c1-2-17-11-6-12(18(19)20)8-14(7-11)21-13-4-9(15)3-10(16)5-13/h3-8,17H,2H2,1H3. The van der Waals surface area contributed by atoms with Gasteiger partial charge in [-0.3, -0.25) is 10.1 Å². The molecule has 0 aromatic heterocycles. The zero-order valence-corrected chi connectivity index (χ0v) is 12.6. The van der Waals surface area contributed by atoms with Gasteiger partial charge in [0, 0.05) is 34.4 Å².